The summed E-state index contributed by atoms with van der Waals surface area (Å²) in [6, 6.07) is 13.8. The van der Waals surface area contributed by atoms with E-state index in [2.05, 4.69) is 10.1 Å². The van der Waals surface area contributed by atoms with Crippen molar-refractivity contribution >= 4 is 5.91 Å². The maximum Gasteiger partial charge on any atom is 0.256 e. The Hall–Kier alpha value is -3.02. The van der Waals surface area contributed by atoms with E-state index < -0.39 is 0 Å². The third-order valence-corrected chi connectivity index (χ3v) is 4.82. The number of carbonyl (C=O) groups excluding carboxylic acids is 1. The quantitative estimate of drug-likeness (QED) is 0.722. The predicted molar refractivity (Wildman–Crippen MR) is 95.4 cm³/mol. The van der Waals surface area contributed by atoms with Gasteiger partial charge in [0.25, 0.3) is 5.91 Å². The summed E-state index contributed by atoms with van der Waals surface area (Å²) in [7, 11) is 0. The van der Waals surface area contributed by atoms with Crippen molar-refractivity contribution in [3.05, 3.63) is 78.1 Å². The predicted octanol–water partition coefficient (Wildman–Crippen LogP) is 3.77. The summed E-state index contributed by atoms with van der Waals surface area (Å²) in [4.78, 5) is 19.2. The minimum atomic E-state index is -0.265. The van der Waals surface area contributed by atoms with E-state index in [4.69, 9.17) is 0 Å². The molecule has 6 heteroatoms. The molecule has 1 aromatic heterocycles. The summed E-state index contributed by atoms with van der Waals surface area (Å²) < 4.78 is 14.9. The zero-order valence-electron chi connectivity index (χ0n) is 14.3. The molecule has 1 atom stereocenters. The summed E-state index contributed by atoms with van der Waals surface area (Å²) in [6.07, 6.45) is 5.93. The van der Waals surface area contributed by atoms with Gasteiger partial charge in [-0.1, -0.05) is 24.3 Å². The Bertz CT molecular complexity index is 892. The largest absolute Gasteiger partial charge is 0.332 e. The Labute approximate surface area is 151 Å². The van der Waals surface area contributed by atoms with Gasteiger partial charge in [0, 0.05) is 6.54 Å². The number of piperidine rings is 1. The number of hydrogen-bond donors (Lipinski definition) is 0. The van der Waals surface area contributed by atoms with E-state index in [1.165, 1.54) is 18.5 Å². The van der Waals surface area contributed by atoms with E-state index in [1.807, 2.05) is 29.2 Å². The molecule has 1 saturated heterocycles. The second-order valence-corrected chi connectivity index (χ2v) is 6.42. The molecule has 2 aromatic carbocycles. The van der Waals surface area contributed by atoms with Gasteiger partial charge >= 0.3 is 0 Å². The van der Waals surface area contributed by atoms with Crippen LogP contribution in [0.5, 0.6) is 0 Å². The maximum absolute atomic E-state index is 13.4. The molecule has 5 nitrogen and oxygen atoms in total. The first-order valence-electron chi connectivity index (χ1n) is 8.74. The Morgan fingerprint density at radius 1 is 1.08 bits per heavy atom. The molecule has 0 bridgehead atoms. The minimum Gasteiger partial charge on any atom is -0.332 e. The number of nitrogens with zero attached hydrogens (tertiary/aromatic N) is 4. The fourth-order valence-electron chi connectivity index (χ4n) is 3.55. The first-order chi connectivity index (χ1) is 12.7. The summed E-state index contributed by atoms with van der Waals surface area (Å²) in [5, 5.41) is 4.15. The highest BCUT2D eigenvalue weighted by molar-refractivity contribution is 5.98. The van der Waals surface area contributed by atoms with E-state index in [0.29, 0.717) is 17.8 Å². The molecule has 132 valence electrons. The lowest BCUT2D eigenvalue weighted by Gasteiger charge is -2.36. The molecule has 0 N–H and O–H groups in total. The van der Waals surface area contributed by atoms with Gasteiger partial charge in [0.15, 0.2) is 0 Å². The molecule has 0 saturated carbocycles. The average Bonchev–Trinajstić information content (AvgIpc) is 3.23. The number of likely N-dealkylation sites (tertiary alicyclic amines) is 1. The zero-order valence-corrected chi connectivity index (χ0v) is 14.3. The normalized spacial score (nSPS) is 17.3. The van der Waals surface area contributed by atoms with Gasteiger partial charge in [-0.3, -0.25) is 4.79 Å². The Kier molecular flexibility index (Phi) is 4.48. The van der Waals surface area contributed by atoms with Crippen LogP contribution in [0.2, 0.25) is 0 Å². The van der Waals surface area contributed by atoms with Crippen molar-refractivity contribution in [2.24, 2.45) is 0 Å². The molecule has 1 aliphatic rings. The van der Waals surface area contributed by atoms with Crippen molar-refractivity contribution in [1.29, 1.82) is 0 Å². The molecule has 1 aliphatic heterocycles. The molecule has 1 amide bonds. The molecule has 3 aromatic rings. The molecular formula is C20H19FN4O. The summed E-state index contributed by atoms with van der Waals surface area (Å²) in [6.45, 7) is 0.687. The van der Waals surface area contributed by atoms with E-state index in [-0.39, 0.29) is 17.8 Å². The van der Waals surface area contributed by atoms with Crippen molar-refractivity contribution in [3.63, 3.8) is 0 Å². The molecule has 0 spiro atoms. The molecular weight excluding hydrogens is 331 g/mol. The Balaban J connectivity index is 1.69. The van der Waals surface area contributed by atoms with Crippen LogP contribution in [0.25, 0.3) is 5.69 Å². The maximum atomic E-state index is 13.4. The summed E-state index contributed by atoms with van der Waals surface area (Å²) >= 11 is 0. The van der Waals surface area contributed by atoms with Gasteiger partial charge in [-0.15, -0.1) is 0 Å². The van der Waals surface area contributed by atoms with Crippen LogP contribution < -0.4 is 0 Å². The fraction of sp³-hybridized carbons (Fsp3) is 0.250. The monoisotopic (exact) mass is 350 g/mol. The van der Waals surface area contributed by atoms with Gasteiger partial charge in [-0.25, -0.2) is 14.1 Å². The van der Waals surface area contributed by atoms with E-state index >= 15 is 0 Å². The molecule has 4 rings (SSSR count). The smallest absolute Gasteiger partial charge is 0.256 e. The molecule has 0 radical (unpaired) electrons. The molecule has 0 aliphatic carbocycles. The van der Waals surface area contributed by atoms with Crippen molar-refractivity contribution in [2.45, 2.75) is 25.3 Å². The van der Waals surface area contributed by atoms with Gasteiger partial charge in [-0.05, 0) is 49.1 Å². The van der Waals surface area contributed by atoms with Crippen LogP contribution in [0.1, 0.15) is 41.2 Å². The second-order valence-electron chi connectivity index (χ2n) is 6.42. The lowest BCUT2D eigenvalue weighted by atomic mass is 9.94. The van der Waals surface area contributed by atoms with Crippen molar-refractivity contribution in [2.75, 3.05) is 6.54 Å². The van der Waals surface area contributed by atoms with E-state index in [0.717, 1.165) is 24.8 Å². The lowest BCUT2D eigenvalue weighted by Crippen LogP contribution is -2.39. The average molecular weight is 350 g/mol. The van der Waals surface area contributed by atoms with Gasteiger partial charge in [0.1, 0.15) is 18.5 Å². The summed E-state index contributed by atoms with van der Waals surface area (Å²) in [5.41, 5.74) is 2.27. The van der Waals surface area contributed by atoms with Gasteiger partial charge < -0.3 is 4.90 Å². The fourth-order valence-corrected chi connectivity index (χ4v) is 3.55. The number of para-hydroxylation sites is 1. The minimum absolute atomic E-state index is 0.0369. The van der Waals surface area contributed by atoms with Crippen LogP contribution >= 0.6 is 0 Å². The number of hydrogen-bond acceptors (Lipinski definition) is 3. The molecule has 1 fully saturated rings. The van der Waals surface area contributed by atoms with Crippen LogP contribution in [-0.4, -0.2) is 32.1 Å². The first-order valence-corrected chi connectivity index (χ1v) is 8.74. The highest BCUT2D eigenvalue weighted by Crippen LogP contribution is 2.33. The van der Waals surface area contributed by atoms with E-state index in [9.17, 15) is 9.18 Å². The molecule has 0 unspecified atom stereocenters. The number of benzene rings is 2. The number of halogens is 1. The van der Waals surface area contributed by atoms with E-state index in [1.54, 1.807) is 23.1 Å². The van der Waals surface area contributed by atoms with Gasteiger partial charge in [-0.2, -0.15) is 5.10 Å². The van der Waals surface area contributed by atoms with Crippen LogP contribution in [0.4, 0.5) is 4.39 Å². The topological polar surface area (TPSA) is 51.0 Å². The molecule has 26 heavy (non-hydrogen) atoms. The molecule has 2 heterocycles. The lowest BCUT2D eigenvalue weighted by molar-refractivity contribution is 0.0611. The van der Waals surface area contributed by atoms with Crippen molar-refractivity contribution in [3.8, 4) is 5.69 Å². The highest BCUT2D eigenvalue weighted by Gasteiger charge is 2.30. The third kappa shape index (κ3) is 3.10. The van der Waals surface area contributed by atoms with Crippen molar-refractivity contribution < 1.29 is 9.18 Å². The first kappa shape index (κ1) is 16.4. The Morgan fingerprint density at radius 2 is 1.88 bits per heavy atom. The standard InChI is InChI=1S/C20H19FN4O/c21-16-10-8-15(9-11-16)18-6-3-4-12-24(18)20(26)17-5-1-2-7-19(17)25-14-22-13-23-25/h1-2,5,7-11,13-14,18H,3-4,6,12H2/t18-/m0/s1. The van der Waals surface area contributed by atoms with Gasteiger partial charge in [0.05, 0.1) is 17.3 Å². The highest BCUT2D eigenvalue weighted by atomic mass is 19.1. The number of rotatable bonds is 3. The van der Waals surface area contributed by atoms with Gasteiger partial charge in [0.2, 0.25) is 0 Å². The second kappa shape index (κ2) is 7.07. The van der Waals surface area contributed by atoms with Crippen LogP contribution in [0.15, 0.2) is 61.2 Å². The van der Waals surface area contributed by atoms with Crippen LogP contribution in [0.3, 0.4) is 0 Å². The number of amides is 1. The van der Waals surface area contributed by atoms with Crippen molar-refractivity contribution in [1.82, 2.24) is 19.7 Å². The van der Waals surface area contributed by atoms with Crippen LogP contribution in [-0.2, 0) is 0 Å². The third-order valence-electron chi connectivity index (χ3n) is 4.82. The summed E-state index contributed by atoms with van der Waals surface area (Å²) in [5.74, 6) is -0.302. The zero-order chi connectivity index (χ0) is 17.9. The number of carbonyl (C=O) groups is 1. The van der Waals surface area contributed by atoms with Crippen LogP contribution in [0, 0.1) is 5.82 Å². The Morgan fingerprint density at radius 3 is 2.65 bits per heavy atom. The number of aromatic nitrogens is 3. The SMILES string of the molecule is O=C(c1ccccc1-n1cncn1)N1CCCC[C@H]1c1ccc(F)cc1.